The zero-order chi connectivity index (χ0) is 26.2. The number of ether oxygens (including phenoxy) is 5. The summed E-state index contributed by atoms with van der Waals surface area (Å²) in [5, 5.41) is 3.09. The maximum atomic E-state index is 13.4. The zero-order valence-electron chi connectivity index (χ0n) is 21.4. The van der Waals surface area contributed by atoms with Crippen LogP contribution in [-0.4, -0.2) is 60.1 Å². The van der Waals surface area contributed by atoms with Crippen LogP contribution in [0.2, 0.25) is 0 Å². The van der Waals surface area contributed by atoms with E-state index in [0.717, 1.165) is 16.9 Å². The van der Waals surface area contributed by atoms with Gasteiger partial charge in [-0.15, -0.1) is 11.8 Å². The van der Waals surface area contributed by atoms with E-state index in [2.05, 4.69) is 5.32 Å². The third-order valence-electron chi connectivity index (χ3n) is 6.33. The number of thioether (sulfide) groups is 1. The van der Waals surface area contributed by atoms with Gasteiger partial charge < -0.3 is 29.0 Å². The Bertz CT molecular complexity index is 1010. The van der Waals surface area contributed by atoms with E-state index in [9.17, 15) is 9.59 Å². The number of amides is 1. The summed E-state index contributed by atoms with van der Waals surface area (Å²) in [6.07, 6.45) is -2.59. The van der Waals surface area contributed by atoms with Crippen LogP contribution in [-0.2, 0) is 39.9 Å². The van der Waals surface area contributed by atoms with Crippen LogP contribution >= 0.6 is 11.8 Å². The predicted molar refractivity (Wildman–Crippen MR) is 140 cm³/mol. The van der Waals surface area contributed by atoms with Crippen molar-refractivity contribution < 1.29 is 33.3 Å². The molecule has 2 saturated heterocycles. The van der Waals surface area contributed by atoms with Crippen LogP contribution in [0.3, 0.4) is 0 Å². The van der Waals surface area contributed by atoms with E-state index in [1.165, 1.54) is 6.92 Å². The van der Waals surface area contributed by atoms with E-state index >= 15 is 0 Å². The number of carbonyl (C=O) groups is 2. The second-order valence-corrected chi connectivity index (χ2v) is 10.4. The highest BCUT2D eigenvalue weighted by Gasteiger charge is 2.48. The second-order valence-electron chi connectivity index (χ2n) is 9.06. The van der Waals surface area contributed by atoms with Crippen LogP contribution < -0.4 is 5.32 Å². The number of nitrogens with one attached hydrogen (secondary N) is 1. The van der Waals surface area contributed by atoms with Crippen LogP contribution in [0.15, 0.2) is 60.7 Å². The molecule has 2 aromatic carbocycles. The molecule has 2 heterocycles. The molecule has 8 nitrogen and oxygen atoms in total. The molecule has 2 aliphatic rings. The molecule has 2 fully saturated rings. The van der Waals surface area contributed by atoms with Crippen molar-refractivity contribution in [1.29, 1.82) is 0 Å². The van der Waals surface area contributed by atoms with Gasteiger partial charge in [0.15, 0.2) is 12.4 Å². The quantitative estimate of drug-likeness (QED) is 0.488. The molecule has 37 heavy (non-hydrogen) atoms. The lowest BCUT2D eigenvalue weighted by atomic mass is 9.96. The van der Waals surface area contributed by atoms with Gasteiger partial charge in [-0.1, -0.05) is 67.6 Å². The standard InChI is InChI=1S/C28H35NO7S/c1-4-37-28-25(35-19(3)30)24(33-17-20-11-7-5-8-12-20)23(18(2)34-28)29-26(31)22-15-16-32-27(36-22)21-13-9-6-10-14-21/h5-14,18,22-25,27-28H,4,15-17H2,1-3H3,(H,29,31)/t18-,22-,23-,24+,25+,27-,28?/m1/s1. The Balaban J connectivity index is 1.52. The molecule has 9 heteroatoms. The van der Waals surface area contributed by atoms with Crippen molar-refractivity contribution in [2.75, 3.05) is 12.4 Å². The lowest BCUT2D eigenvalue weighted by molar-refractivity contribution is -0.220. The first-order valence-electron chi connectivity index (χ1n) is 12.7. The van der Waals surface area contributed by atoms with Crippen LogP contribution in [0.5, 0.6) is 0 Å². The lowest BCUT2D eigenvalue weighted by Crippen LogP contribution is -2.64. The van der Waals surface area contributed by atoms with Crippen molar-refractivity contribution in [2.24, 2.45) is 0 Å². The molecule has 1 N–H and O–H groups in total. The number of hydrogen-bond donors (Lipinski definition) is 1. The molecule has 0 saturated carbocycles. The lowest BCUT2D eigenvalue weighted by Gasteiger charge is -2.45. The van der Waals surface area contributed by atoms with Gasteiger partial charge in [0.25, 0.3) is 0 Å². The van der Waals surface area contributed by atoms with Crippen molar-refractivity contribution in [3.05, 3.63) is 71.8 Å². The molecule has 2 aromatic rings. The largest absolute Gasteiger partial charge is 0.456 e. The first-order chi connectivity index (χ1) is 18.0. The highest BCUT2D eigenvalue weighted by molar-refractivity contribution is 7.99. The minimum atomic E-state index is -0.698. The number of hydrogen-bond acceptors (Lipinski definition) is 8. The molecule has 0 aromatic heterocycles. The minimum absolute atomic E-state index is 0.277. The minimum Gasteiger partial charge on any atom is -0.456 e. The van der Waals surface area contributed by atoms with E-state index in [1.54, 1.807) is 11.8 Å². The van der Waals surface area contributed by atoms with Gasteiger partial charge >= 0.3 is 5.97 Å². The van der Waals surface area contributed by atoms with E-state index in [-0.39, 0.29) is 12.0 Å². The highest BCUT2D eigenvalue weighted by atomic mass is 32.2. The Hall–Kier alpha value is -2.43. The number of rotatable bonds is 9. The van der Waals surface area contributed by atoms with Crippen LogP contribution in [0.25, 0.3) is 0 Å². The van der Waals surface area contributed by atoms with Gasteiger partial charge in [-0.05, 0) is 18.2 Å². The Morgan fingerprint density at radius 1 is 1.03 bits per heavy atom. The second kappa shape index (κ2) is 13.4. The average molecular weight is 530 g/mol. The van der Waals surface area contributed by atoms with Crippen molar-refractivity contribution in [1.82, 2.24) is 5.32 Å². The summed E-state index contributed by atoms with van der Waals surface area (Å²) in [4.78, 5) is 25.5. The van der Waals surface area contributed by atoms with Crippen LogP contribution in [0, 0.1) is 0 Å². The normalized spacial score (nSPS) is 29.9. The van der Waals surface area contributed by atoms with Crippen molar-refractivity contribution in [2.45, 2.75) is 76.0 Å². The van der Waals surface area contributed by atoms with Gasteiger partial charge in [0.1, 0.15) is 17.6 Å². The summed E-state index contributed by atoms with van der Waals surface area (Å²) < 4.78 is 30.1. The van der Waals surface area contributed by atoms with Gasteiger partial charge in [0.2, 0.25) is 5.91 Å². The Labute approximate surface area is 222 Å². The molecule has 0 bridgehead atoms. The average Bonchev–Trinajstić information content (AvgIpc) is 2.91. The van der Waals surface area contributed by atoms with Crippen LogP contribution in [0.1, 0.15) is 44.6 Å². The summed E-state index contributed by atoms with van der Waals surface area (Å²) in [5.74, 6) is 0.0665. The molecule has 0 spiro atoms. The Morgan fingerprint density at radius 2 is 1.73 bits per heavy atom. The maximum Gasteiger partial charge on any atom is 0.303 e. The molecule has 1 unspecified atom stereocenters. The van der Waals surface area contributed by atoms with Crippen molar-refractivity contribution in [3.63, 3.8) is 0 Å². The fourth-order valence-corrected chi connectivity index (χ4v) is 5.53. The number of esters is 1. The summed E-state index contributed by atoms with van der Waals surface area (Å²) in [5.41, 5.74) is 1.42. The molecule has 4 rings (SSSR count). The molecule has 200 valence electrons. The van der Waals surface area contributed by atoms with Crippen molar-refractivity contribution in [3.8, 4) is 0 Å². The van der Waals surface area contributed by atoms with E-state index in [0.29, 0.717) is 19.6 Å². The van der Waals surface area contributed by atoms with Gasteiger partial charge in [-0.3, -0.25) is 9.59 Å². The fraction of sp³-hybridized carbons (Fsp3) is 0.500. The highest BCUT2D eigenvalue weighted by Crippen LogP contribution is 2.33. The summed E-state index contributed by atoms with van der Waals surface area (Å²) in [6.45, 7) is 5.98. The maximum absolute atomic E-state index is 13.4. The van der Waals surface area contributed by atoms with E-state index in [4.69, 9.17) is 23.7 Å². The fourth-order valence-electron chi connectivity index (χ4n) is 4.55. The SMILES string of the molecule is CCSC1O[C@H](C)[C@@H](NC(=O)[C@H]2CCO[C@@H](c3ccccc3)O2)[C@H](OCc2ccccc2)[C@@H]1OC(C)=O. The first kappa shape index (κ1) is 27.6. The Kier molecular flexibility index (Phi) is 9.99. The molecule has 1 amide bonds. The van der Waals surface area contributed by atoms with E-state index < -0.39 is 42.0 Å². The third kappa shape index (κ3) is 7.33. The smallest absolute Gasteiger partial charge is 0.303 e. The monoisotopic (exact) mass is 529 g/mol. The van der Waals surface area contributed by atoms with E-state index in [1.807, 2.05) is 74.5 Å². The zero-order valence-corrected chi connectivity index (χ0v) is 22.2. The molecule has 2 aliphatic heterocycles. The summed E-state index contributed by atoms with van der Waals surface area (Å²) in [7, 11) is 0. The Morgan fingerprint density at radius 3 is 2.41 bits per heavy atom. The predicted octanol–water partition coefficient (Wildman–Crippen LogP) is 3.99. The summed E-state index contributed by atoms with van der Waals surface area (Å²) >= 11 is 1.55. The number of benzene rings is 2. The molecular formula is C28H35NO7S. The van der Waals surface area contributed by atoms with Gasteiger partial charge in [-0.25, -0.2) is 0 Å². The van der Waals surface area contributed by atoms with Crippen molar-refractivity contribution >= 4 is 23.6 Å². The first-order valence-corrected chi connectivity index (χ1v) is 13.7. The van der Waals surface area contributed by atoms with Crippen LogP contribution in [0.4, 0.5) is 0 Å². The molecule has 7 atom stereocenters. The molecule has 0 radical (unpaired) electrons. The molecule has 0 aliphatic carbocycles. The topological polar surface area (TPSA) is 92.3 Å². The third-order valence-corrected chi connectivity index (χ3v) is 7.37. The summed E-state index contributed by atoms with van der Waals surface area (Å²) in [6, 6.07) is 18.7. The van der Waals surface area contributed by atoms with Gasteiger partial charge in [0.05, 0.1) is 25.4 Å². The number of carbonyl (C=O) groups excluding carboxylic acids is 2. The van der Waals surface area contributed by atoms with Gasteiger partial charge in [0, 0.05) is 18.9 Å². The molecular weight excluding hydrogens is 494 g/mol. The van der Waals surface area contributed by atoms with Gasteiger partial charge in [-0.2, -0.15) is 0 Å².